The summed E-state index contributed by atoms with van der Waals surface area (Å²) in [4.78, 5) is 9.09. The van der Waals surface area contributed by atoms with Crippen LogP contribution in [0, 0.1) is 0 Å². The van der Waals surface area contributed by atoms with E-state index >= 15 is 0 Å². The maximum absolute atomic E-state index is 5.45. The molecule has 2 rings (SSSR count). The van der Waals surface area contributed by atoms with E-state index in [1.165, 1.54) is 0 Å². The van der Waals surface area contributed by atoms with E-state index in [9.17, 15) is 0 Å². The van der Waals surface area contributed by atoms with Crippen LogP contribution in [0.5, 0.6) is 0 Å². The van der Waals surface area contributed by atoms with Crippen molar-refractivity contribution in [2.45, 2.75) is 39.2 Å². The van der Waals surface area contributed by atoms with E-state index in [4.69, 9.17) is 4.52 Å². The molecule has 20 heavy (non-hydrogen) atoms. The van der Waals surface area contributed by atoms with Crippen molar-refractivity contribution in [2.75, 3.05) is 44.7 Å². The van der Waals surface area contributed by atoms with E-state index in [0.717, 1.165) is 51.0 Å². The fourth-order valence-corrected chi connectivity index (χ4v) is 2.31. The second-order valence-corrected chi connectivity index (χ2v) is 5.75. The molecule has 1 saturated heterocycles. The van der Waals surface area contributed by atoms with Crippen molar-refractivity contribution in [3.63, 3.8) is 0 Å². The number of aromatic nitrogens is 2. The molecular weight excluding hydrogens is 254 g/mol. The van der Waals surface area contributed by atoms with Crippen LogP contribution in [0.3, 0.4) is 0 Å². The van der Waals surface area contributed by atoms with Crippen LogP contribution in [0.2, 0.25) is 0 Å². The molecule has 1 aliphatic rings. The lowest BCUT2D eigenvalue weighted by Crippen LogP contribution is -2.45. The number of anilines is 1. The highest BCUT2D eigenvalue weighted by molar-refractivity contribution is 5.29. The molecular formula is C14H27N5O. The third kappa shape index (κ3) is 3.70. The highest BCUT2D eigenvalue weighted by Gasteiger charge is 2.23. The van der Waals surface area contributed by atoms with Crippen molar-refractivity contribution in [2.24, 2.45) is 0 Å². The van der Waals surface area contributed by atoms with Crippen molar-refractivity contribution < 1.29 is 4.52 Å². The fraction of sp³-hybridized carbons (Fsp3) is 0.857. The van der Waals surface area contributed by atoms with Gasteiger partial charge in [-0.15, -0.1) is 0 Å². The molecule has 0 bridgehead atoms. The summed E-state index contributed by atoms with van der Waals surface area (Å²) in [5, 5.41) is 7.62. The Balaban J connectivity index is 1.94. The van der Waals surface area contributed by atoms with Crippen LogP contribution < -0.4 is 10.2 Å². The Kier molecular flexibility index (Phi) is 5.37. The van der Waals surface area contributed by atoms with Crippen LogP contribution in [0.15, 0.2) is 4.52 Å². The number of likely N-dealkylation sites (N-methyl/N-ethyl adjacent to an activating group) is 1. The zero-order valence-electron chi connectivity index (χ0n) is 13.1. The predicted molar refractivity (Wildman–Crippen MR) is 80.2 cm³/mol. The summed E-state index contributed by atoms with van der Waals surface area (Å²) in [6.07, 6.45) is 1.13. The Labute approximate surface area is 121 Å². The summed E-state index contributed by atoms with van der Waals surface area (Å²) in [5.41, 5.74) is 0. The minimum atomic E-state index is 0.232. The first-order chi connectivity index (χ1) is 9.61. The lowest BCUT2D eigenvalue weighted by molar-refractivity contribution is 0.306. The SMILES string of the molecule is CCCNC(C)C(C)c1nc(N2CCN(C)CC2)no1. The first-order valence-corrected chi connectivity index (χ1v) is 7.62. The van der Waals surface area contributed by atoms with Gasteiger partial charge in [-0.1, -0.05) is 13.8 Å². The predicted octanol–water partition coefficient (Wildman–Crippen LogP) is 1.31. The molecule has 1 aliphatic heterocycles. The second-order valence-electron chi connectivity index (χ2n) is 5.75. The molecule has 0 saturated carbocycles. The largest absolute Gasteiger partial charge is 0.337 e. The molecule has 1 fully saturated rings. The molecule has 0 spiro atoms. The molecule has 6 heteroatoms. The summed E-state index contributed by atoms with van der Waals surface area (Å²) in [7, 11) is 2.14. The number of hydrogen-bond donors (Lipinski definition) is 1. The first kappa shape index (κ1) is 15.3. The van der Waals surface area contributed by atoms with Gasteiger partial charge in [0, 0.05) is 32.2 Å². The zero-order chi connectivity index (χ0) is 14.5. The highest BCUT2D eigenvalue weighted by Crippen LogP contribution is 2.20. The highest BCUT2D eigenvalue weighted by atomic mass is 16.5. The van der Waals surface area contributed by atoms with Gasteiger partial charge >= 0.3 is 0 Å². The molecule has 2 unspecified atom stereocenters. The minimum Gasteiger partial charge on any atom is -0.337 e. The quantitative estimate of drug-likeness (QED) is 0.848. The van der Waals surface area contributed by atoms with Gasteiger partial charge in [-0.05, 0) is 32.1 Å². The number of rotatable bonds is 6. The smallest absolute Gasteiger partial charge is 0.266 e. The maximum atomic E-state index is 5.45. The Bertz CT molecular complexity index is 400. The summed E-state index contributed by atoms with van der Waals surface area (Å²) in [6, 6.07) is 0.343. The number of piperazine rings is 1. The van der Waals surface area contributed by atoms with Gasteiger partial charge in [0.05, 0.1) is 5.92 Å². The third-order valence-electron chi connectivity index (χ3n) is 4.07. The van der Waals surface area contributed by atoms with E-state index in [-0.39, 0.29) is 5.92 Å². The van der Waals surface area contributed by atoms with Crippen LogP contribution in [-0.4, -0.2) is 60.9 Å². The molecule has 2 atom stereocenters. The number of hydrogen-bond acceptors (Lipinski definition) is 6. The molecule has 0 aromatic carbocycles. The monoisotopic (exact) mass is 281 g/mol. The van der Waals surface area contributed by atoms with Crippen molar-refractivity contribution in [3.05, 3.63) is 5.89 Å². The first-order valence-electron chi connectivity index (χ1n) is 7.62. The van der Waals surface area contributed by atoms with Gasteiger partial charge in [-0.25, -0.2) is 0 Å². The van der Waals surface area contributed by atoms with Gasteiger partial charge in [0.15, 0.2) is 0 Å². The van der Waals surface area contributed by atoms with Crippen LogP contribution in [0.4, 0.5) is 5.95 Å². The van der Waals surface area contributed by atoms with Crippen molar-refractivity contribution in [1.82, 2.24) is 20.4 Å². The maximum Gasteiger partial charge on any atom is 0.266 e. The van der Waals surface area contributed by atoms with Gasteiger partial charge in [0.25, 0.3) is 5.95 Å². The summed E-state index contributed by atoms with van der Waals surface area (Å²) in [5.74, 6) is 1.70. The van der Waals surface area contributed by atoms with Gasteiger partial charge in [-0.3, -0.25) is 0 Å². The van der Waals surface area contributed by atoms with E-state index in [0.29, 0.717) is 6.04 Å². The normalized spacial score (nSPS) is 20.1. The average molecular weight is 281 g/mol. The molecule has 0 aliphatic carbocycles. The van der Waals surface area contributed by atoms with Crippen molar-refractivity contribution in [1.29, 1.82) is 0 Å². The molecule has 0 radical (unpaired) electrons. The number of nitrogens with one attached hydrogen (secondary N) is 1. The minimum absolute atomic E-state index is 0.232. The van der Waals surface area contributed by atoms with Crippen LogP contribution in [0.25, 0.3) is 0 Å². The fourth-order valence-electron chi connectivity index (χ4n) is 2.31. The van der Waals surface area contributed by atoms with Crippen LogP contribution in [0.1, 0.15) is 39.0 Å². The standard InChI is InChI=1S/C14H27N5O/c1-5-6-15-12(3)11(2)13-16-14(17-20-13)19-9-7-18(4)8-10-19/h11-12,15H,5-10H2,1-4H3. The average Bonchev–Trinajstić information content (AvgIpc) is 2.94. The molecule has 1 aromatic rings. The third-order valence-corrected chi connectivity index (χ3v) is 4.07. The molecule has 114 valence electrons. The summed E-state index contributed by atoms with van der Waals surface area (Å²) >= 11 is 0. The summed E-state index contributed by atoms with van der Waals surface area (Å²) < 4.78 is 5.45. The van der Waals surface area contributed by atoms with Gasteiger partial charge in [-0.2, -0.15) is 4.98 Å². The van der Waals surface area contributed by atoms with Crippen molar-refractivity contribution >= 4 is 5.95 Å². The lowest BCUT2D eigenvalue weighted by atomic mass is 10.0. The van der Waals surface area contributed by atoms with Crippen LogP contribution >= 0.6 is 0 Å². The Morgan fingerprint density at radius 2 is 1.95 bits per heavy atom. The summed E-state index contributed by atoms with van der Waals surface area (Å²) in [6.45, 7) is 11.5. The van der Waals surface area contributed by atoms with Gasteiger partial charge in [0.1, 0.15) is 0 Å². The van der Waals surface area contributed by atoms with Crippen molar-refractivity contribution in [3.8, 4) is 0 Å². The van der Waals surface area contributed by atoms with E-state index in [2.05, 4.69) is 53.1 Å². The molecule has 6 nitrogen and oxygen atoms in total. The van der Waals surface area contributed by atoms with Gasteiger partial charge in [0.2, 0.25) is 5.89 Å². The Morgan fingerprint density at radius 3 is 2.60 bits per heavy atom. The van der Waals surface area contributed by atoms with E-state index in [1.807, 2.05) is 0 Å². The van der Waals surface area contributed by atoms with E-state index < -0.39 is 0 Å². The van der Waals surface area contributed by atoms with Gasteiger partial charge < -0.3 is 19.6 Å². The lowest BCUT2D eigenvalue weighted by Gasteiger charge is -2.31. The zero-order valence-corrected chi connectivity index (χ0v) is 13.1. The second kappa shape index (κ2) is 7.04. The molecule has 0 amide bonds. The van der Waals surface area contributed by atoms with E-state index in [1.54, 1.807) is 0 Å². The Morgan fingerprint density at radius 1 is 1.25 bits per heavy atom. The number of nitrogens with zero attached hydrogens (tertiary/aromatic N) is 4. The molecule has 1 N–H and O–H groups in total. The Hall–Kier alpha value is -1.14. The topological polar surface area (TPSA) is 57.4 Å². The molecule has 1 aromatic heterocycles. The van der Waals surface area contributed by atoms with Crippen LogP contribution in [-0.2, 0) is 0 Å². The molecule has 2 heterocycles.